The maximum atomic E-state index is 13.7. The number of ether oxygens (including phenoxy) is 1. The molecule has 3 aromatic rings. The fourth-order valence-corrected chi connectivity index (χ4v) is 4.36. The van der Waals surface area contributed by atoms with Crippen LogP contribution >= 0.6 is 11.6 Å². The number of carbonyl (C=O) groups excluding carboxylic acids is 2. The summed E-state index contributed by atoms with van der Waals surface area (Å²) < 4.78 is 30.5. The fourth-order valence-electron chi connectivity index (χ4n) is 3.89. The molecule has 2 amide bonds. The molecule has 0 saturated carbocycles. The smallest absolute Gasteiger partial charge is 0.243 e. The van der Waals surface area contributed by atoms with Gasteiger partial charge in [-0.15, -0.1) is 0 Å². The summed E-state index contributed by atoms with van der Waals surface area (Å²) in [6, 6.07) is 22.8. The molecule has 0 heterocycles. The maximum Gasteiger partial charge on any atom is 0.243 e. The average molecular weight is 558 g/mol. The lowest BCUT2D eigenvalue weighted by Crippen LogP contribution is -2.52. The van der Waals surface area contributed by atoms with Gasteiger partial charge in [0.1, 0.15) is 11.8 Å². The molecule has 1 atom stereocenters. The number of sulfonamides is 1. The van der Waals surface area contributed by atoms with Crippen LogP contribution in [0, 0.1) is 0 Å². The predicted molar refractivity (Wildman–Crippen MR) is 148 cm³/mol. The summed E-state index contributed by atoms with van der Waals surface area (Å²) in [6.07, 6.45) is 1.27. The summed E-state index contributed by atoms with van der Waals surface area (Å²) in [6.45, 7) is -0.120. The lowest BCUT2D eigenvalue weighted by molar-refractivity contribution is -0.141. The van der Waals surface area contributed by atoms with Crippen molar-refractivity contribution in [3.8, 4) is 5.75 Å². The molecular weight excluding hydrogens is 526 g/mol. The Kier molecular flexibility index (Phi) is 10.3. The highest BCUT2D eigenvalue weighted by molar-refractivity contribution is 7.88. The Bertz CT molecular complexity index is 1330. The van der Waals surface area contributed by atoms with Crippen LogP contribution in [0.15, 0.2) is 78.9 Å². The van der Waals surface area contributed by atoms with Gasteiger partial charge in [0.05, 0.1) is 19.9 Å². The Morgan fingerprint density at radius 2 is 1.58 bits per heavy atom. The minimum atomic E-state index is -3.61. The molecule has 10 heteroatoms. The summed E-state index contributed by atoms with van der Waals surface area (Å²) in [7, 11) is -0.721. The Morgan fingerprint density at radius 1 is 0.947 bits per heavy atom. The van der Waals surface area contributed by atoms with Gasteiger partial charge >= 0.3 is 0 Å². The number of benzene rings is 3. The van der Waals surface area contributed by atoms with Crippen LogP contribution in [-0.2, 0) is 39.1 Å². The standard InChI is InChI=1S/C28H32ClN3O5S/c1-31(38(3,35)36)20-27(33)32(19-22-13-15-24(29)16-14-22)25(17-21-9-5-4-6-10-21)28(34)30-18-23-11-7-8-12-26(23)37-2/h4-16,25H,17-20H2,1-3H3,(H,30,34)/t25-/m1/s1. The van der Waals surface area contributed by atoms with Crippen molar-refractivity contribution in [1.82, 2.24) is 14.5 Å². The number of nitrogens with zero attached hydrogens (tertiary/aromatic N) is 2. The second-order valence-electron chi connectivity index (χ2n) is 8.90. The maximum absolute atomic E-state index is 13.7. The van der Waals surface area contributed by atoms with E-state index in [-0.39, 0.29) is 25.4 Å². The second-order valence-corrected chi connectivity index (χ2v) is 11.4. The molecule has 0 aliphatic heterocycles. The van der Waals surface area contributed by atoms with Crippen LogP contribution in [0.5, 0.6) is 5.75 Å². The highest BCUT2D eigenvalue weighted by Gasteiger charge is 2.32. The Hall–Kier alpha value is -3.40. The highest BCUT2D eigenvalue weighted by atomic mass is 35.5. The average Bonchev–Trinajstić information content (AvgIpc) is 2.90. The van der Waals surface area contributed by atoms with E-state index in [9.17, 15) is 18.0 Å². The van der Waals surface area contributed by atoms with Crippen LogP contribution < -0.4 is 10.1 Å². The number of para-hydroxylation sites is 1. The van der Waals surface area contributed by atoms with Crippen molar-refractivity contribution in [1.29, 1.82) is 0 Å². The van der Waals surface area contributed by atoms with Crippen LogP contribution in [0.25, 0.3) is 0 Å². The first-order chi connectivity index (χ1) is 18.1. The largest absolute Gasteiger partial charge is 0.496 e. The van der Waals surface area contributed by atoms with Crippen molar-refractivity contribution in [3.05, 3.63) is 101 Å². The first-order valence-corrected chi connectivity index (χ1v) is 14.2. The normalized spacial score (nSPS) is 12.1. The second kappa shape index (κ2) is 13.4. The molecular formula is C28H32ClN3O5S. The van der Waals surface area contributed by atoms with E-state index in [2.05, 4.69) is 5.32 Å². The third kappa shape index (κ3) is 8.31. The number of nitrogens with one attached hydrogen (secondary N) is 1. The summed E-state index contributed by atoms with van der Waals surface area (Å²) in [5, 5.41) is 3.48. The van der Waals surface area contributed by atoms with E-state index >= 15 is 0 Å². The first-order valence-electron chi connectivity index (χ1n) is 12.0. The molecule has 0 aromatic heterocycles. The van der Waals surface area contributed by atoms with Gasteiger partial charge in [-0.1, -0.05) is 72.3 Å². The molecule has 0 spiro atoms. The lowest BCUT2D eigenvalue weighted by Gasteiger charge is -2.32. The van der Waals surface area contributed by atoms with E-state index in [1.807, 2.05) is 48.5 Å². The third-order valence-corrected chi connectivity index (χ3v) is 7.62. The molecule has 3 rings (SSSR count). The zero-order valence-corrected chi connectivity index (χ0v) is 23.2. The Morgan fingerprint density at radius 3 is 2.21 bits per heavy atom. The Labute approximate surface area is 229 Å². The van der Waals surface area contributed by atoms with E-state index in [1.165, 1.54) is 11.9 Å². The molecule has 0 aliphatic carbocycles. The van der Waals surface area contributed by atoms with Crippen LogP contribution in [0.1, 0.15) is 16.7 Å². The number of hydrogen-bond acceptors (Lipinski definition) is 5. The molecule has 0 fully saturated rings. The van der Waals surface area contributed by atoms with Gasteiger partial charge in [-0.25, -0.2) is 8.42 Å². The van der Waals surface area contributed by atoms with Gasteiger partial charge < -0.3 is 15.0 Å². The molecule has 0 saturated heterocycles. The zero-order valence-electron chi connectivity index (χ0n) is 21.6. The molecule has 0 unspecified atom stereocenters. The molecule has 0 aliphatic rings. The number of methoxy groups -OCH3 is 1. The topological polar surface area (TPSA) is 96.0 Å². The first kappa shape index (κ1) is 29.2. The monoisotopic (exact) mass is 557 g/mol. The minimum absolute atomic E-state index is 0.0905. The van der Waals surface area contributed by atoms with Gasteiger partial charge in [-0.2, -0.15) is 4.31 Å². The molecule has 1 N–H and O–H groups in total. The highest BCUT2D eigenvalue weighted by Crippen LogP contribution is 2.19. The fraction of sp³-hybridized carbons (Fsp3) is 0.286. The van der Waals surface area contributed by atoms with Crippen molar-refractivity contribution in [2.24, 2.45) is 0 Å². The molecule has 202 valence electrons. The number of likely N-dealkylation sites (N-methyl/N-ethyl adjacent to an activating group) is 1. The lowest BCUT2D eigenvalue weighted by atomic mass is 10.0. The van der Waals surface area contributed by atoms with E-state index in [0.29, 0.717) is 10.8 Å². The van der Waals surface area contributed by atoms with Crippen LogP contribution in [0.2, 0.25) is 5.02 Å². The molecule has 8 nitrogen and oxygen atoms in total. The summed E-state index contributed by atoms with van der Waals surface area (Å²) in [5.41, 5.74) is 2.39. The van der Waals surface area contributed by atoms with Crippen molar-refractivity contribution in [3.63, 3.8) is 0 Å². The van der Waals surface area contributed by atoms with Crippen molar-refractivity contribution >= 4 is 33.4 Å². The van der Waals surface area contributed by atoms with Gasteiger partial charge in [0.15, 0.2) is 0 Å². The van der Waals surface area contributed by atoms with Gasteiger partial charge in [0.2, 0.25) is 21.8 Å². The third-order valence-electron chi connectivity index (χ3n) is 6.11. The minimum Gasteiger partial charge on any atom is -0.496 e. The molecule has 3 aromatic carbocycles. The molecule has 38 heavy (non-hydrogen) atoms. The van der Waals surface area contributed by atoms with Crippen LogP contribution in [0.4, 0.5) is 0 Å². The number of amides is 2. The number of hydrogen-bond donors (Lipinski definition) is 1. The predicted octanol–water partition coefficient (Wildman–Crippen LogP) is 3.50. The van der Waals surface area contributed by atoms with E-state index in [4.69, 9.17) is 16.3 Å². The van der Waals surface area contributed by atoms with Gasteiger partial charge in [0.25, 0.3) is 0 Å². The van der Waals surface area contributed by atoms with E-state index < -0.39 is 28.5 Å². The van der Waals surface area contributed by atoms with Crippen molar-refractivity contribution < 1.29 is 22.7 Å². The summed E-state index contributed by atoms with van der Waals surface area (Å²) >= 11 is 6.05. The number of rotatable bonds is 12. The van der Waals surface area contributed by atoms with Crippen molar-refractivity contribution in [2.75, 3.05) is 27.0 Å². The molecule has 0 radical (unpaired) electrons. The quantitative estimate of drug-likeness (QED) is 0.368. The van der Waals surface area contributed by atoms with Gasteiger partial charge in [-0.3, -0.25) is 9.59 Å². The van der Waals surface area contributed by atoms with Gasteiger partial charge in [-0.05, 0) is 29.3 Å². The zero-order chi connectivity index (χ0) is 27.7. The van der Waals surface area contributed by atoms with Gasteiger partial charge in [0, 0.05) is 37.1 Å². The summed E-state index contributed by atoms with van der Waals surface area (Å²) in [4.78, 5) is 28.7. The summed E-state index contributed by atoms with van der Waals surface area (Å²) in [5.74, 6) is -0.235. The molecule has 0 bridgehead atoms. The number of carbonyl (C=O) groups is 2. The van der Waals surface area contributed by atoms with Crippen molar-refractivity contribution in [2.45, 2.75) is 25.6 Å². The van der Waals surface area contributed by atoms with E-state index in [1.54, 1.807) is 37.4 Å². The van der Waals surface area contributed by atoms with Crippen LogP contribution in [0.3, 0.4) is 0 Å². The van der Waals surface area contributed by atoms with E-state index in [0.717, 1.165) is 27.3 Å². The number of halogens is 1. The SMILES string of the molecule is COc1ccccc1CNC(=O)[C@@H](Cc1ccccc1)N(Cc1ccc(Cl)cc1)C(=O)CN(C)S(C)(=O)=O. The Balaban J connectivity index is 1.96. The van der Waals surface area contributed by atoms with Crippen LogP contribution in [-0.4, -0.2) is 62.4 Å².